The van der Waals surface area contributed by atoms with Gasteiger partial charge in [0.15, 0.2) is 0 Å². The van der Waals surface area contributed by atoms with Gasteiger partial charge in [0.2, 0.25) is 5.91 Å². The quantitative estimate of drug-likeness (QED) is 0.824. The van der Waals surface area contributed by atoms with Crippen molar-refractivity contribution in [3.63, 3.8) is 0 Å². The topological polar surface area (TPSA) is 66.6 Å². The molecule has 1 aliphatic rings. The number of aliphatic hydroxyl groups excluding tert-OH is 1. The lowest BCUT2D eigenvalue weighted by Crippen LogP contribution is -2.50. The molecule has 1 atom stereocenters. The molecule has 134 valence electrons. The fraction of sp³-hybridized carbons (Fsp3) is 0.632. The maximum atomic E-state index is 12.9. The Morgan fingerprint density at radius 2 is 1.83 bits per heavy atom. The first-order valence-electron chi connectivity index (χ1n) is 8.90. The second-order valence-electron chi connectivity index (χ2n) is 6.82. The highest BCUT2D eigenvalue weighted by Gasteiger charge is 2.38. The number of hydrogen-bond donors (Lipinski definition) is 2. The molecule has 1 amide bonds. The number of aliphatic hydroxyl groups is 1. The predicted octanol–water partition coefficient (Wildman–Crippen LogP) is 3.38. The predicted molar refractivity (Wildman–Crippen MR) is 97.8 cm³/mol. The molecule has 1 heterocycles. The zero-order valence-corrected chi connectivity index (χ0v) is 15.4. The highest BCUT2D eigenvalue weighted by atomic mass is 35.5. The molecule has 0 bridgehead atoms. The summed E-state index contributed by atoms with van der Waals surface area (Å²) in [5.74, 6) is 0.347. The SMILES string of the molecule is CCC(CC)(CN)C(=O)N1CCC(C(O)c2ccc(Cl)cc2)CC1. The average molecular weight is 353 g/mol. The number of likely N-dealkylation sites (tertiary alicyclic amines) is 1. The van der Waals surface area contributed by atoms with Crippen LogP contribution in [0.2, 0.25) is 5.02 Å². The fourth-order valence-corrected chi connectivity index (χ4v) is 3.74. The fourth-order valence-electron chi connectivity index (χ4n) is 3.61. The number of piperidine rings is 1. The molecule has 0 saturated carbocycles. The van der Waals surface area contributed by atoms with Crippen LogP contribution in [0.3, 0.4) is 0 Å². The minimum atomic E-state index is -0.504. The minimum absolute atomic E-state index is 0.172. The van der Waals surface area contributed by atoms with Crippen LogP contribution in [0.5, 0.6) is 0 Å². The molecule has 1 aromatic rings. The summed E-state index contributed by atoms with van der Waals surface area (Å²) in [4.78, 5) is 14.8. The summed E-state index contributed by atoms with van der Waals surface area (Å²) in [5, 5.41) is 11.3. The Morgan fingerprint density at radius 1 is 1.29 bits per heavy atom. The number of nitrogens with zero attached hydrogens (tertiary/aromatic N) is 1. The largest absolute Gasteiger partial charge is 0.388 e. The number of rotatable bonds is 6. The third kappa shape index (κ3) is 3.93. The van der Waals surface area contributed by atoms with Gasteiger partial charge in [-0.25, -0.2) is 0 Å². The van der Waals surface area contributed by atoms with Gasteiger partial charge in [0.05, 0.1) is 11.5 Å². The molecule has 1 fully saturated rings. The minimum Gasteiger partial charge on any atom is -0.388 e. The van der Waals surface area contributed by atoms with Gasteiger partial charge in [-0.1, -0.05) is 37.6 Å². The maximum absolute atomic E-state index is 12.9. The molecule has 1 unspecified atom stereocenters. The number of benzene rings is 1. The normalized spacial score (nSPS) is 17.8. The molecule has 0 aliphatic carbocycles. The number of hydrogen-bond acceptors (Lipinski definition) is 3. The van der Waals surface area contributed by atoms with Gasteiger partial charge in [0.1, 0.15) is 0 Å². The van der Waals surface area contributed by atoms with Crippen LogP contribution in [0.1, 0.15) is 51.2 Å². The first-order chi connectivity index (χ1) is 11.5. The van der Waals surface area contributed by atoms with Crippen molar-refractivity contribution in [2.45, 2.75) is 45.6 Å². The summed E-state index contributed by atoms with van der Waals surface area (Å²) in [7, 11) is 0. The van der Waals surface area contributed by atoms with Crippen LogP contribution in [0, 0.1) is 11.3 Å². The van der Waals surface area contributed by atoms with Crippen molar-refractivity contribution in [3.8, 4) is 0 Å². The van der Waals surface area contributed by atoms with Crippen molar-refractivity contribution < 1.29 is 9.90 Å². The van der Waals surface area contributed by atoms with E-state index in [0.717, 1.165) is 31.2 Å². The lowest BCUT2D eigenvalue weighted by atomic mass is 9.79. The third-order valence-electron chi connectivity index (χ3n) is 5.68. The summed E-state index contributed by atoms with van der Waals surface area (Å²) < 4.78 is 0. The van der Waals surface area contributed by atoms with Gasteiger partial charge in [0, 0.05) is 24.7 Å². The lowest BCUT2D eigenvalue weighted by molar-refractivity contribution is -0.144. The molecule has 24 heavy (non-hydrogen) atoms. The molecule has 0 spiro atoms. The van der Waals surface area contributed by atoms with Gasteiger partial charge in [-0.15, -0.1) is 0 Å². The van der Waals surface area contributed by atoms with Crippen molar-refractivity contribution in [2.75, 3.05) is 19.6 Å². The van der Waals surface area contributed by atoms with Crippen LogP contribution in [0.25, 0.3) is 0 Å². The Labute approximate surface area is 150 Å². The molecule has 0 aromatic heterocycles. The first-order valence-corrected chi connectivity index (χ1v) is 9.28. The summed E-state index contributed by atoms with van der Waals surface area (Å²) in [6, 6.07) is 7.35. The summed E-state index contributed by atoms with van der Waals surface area (Å²) in [6.07, 6.45) is 2.65. The van der Waals surface area contributed by atoms with E-state index in [-0.39, 0.29) is 11.8 Å². The first kappa shape index (κ1) is 19.2. The standard InChI is InChI=1S/C19H29ClN2O2/c1-3-19(4-2,13-21)18(24)22-11-9-15(10-12-22)17(23)14-5-7-16(20)8-6-14/h5-8,15,17,23H,3-4,9-13,21H2,1-2H3. The maximum Gasteiger partial charge on any atom is 0.230 e. The summed E-state index contributed by atoms with van der Waals surface area (Å²) >= 11 is 5.90. The van der Waals surface area contributed by atoms with E-state index in [0.29, 0.717) is 24.7 Å². The molecule has 1 aliphatic heterocycles. The number of amides is 1. The molecule has 2 rings (SSSR count). The number of halogens is 1. The van der Waals surface area contributed by atoms with Gasteiger partial charge in [-0.3, -0.25) is 4.79 Å². The van der Waals surface area contributed by atoms with E-state index < -0.39 is 11.5 Å². The highest BCUT2D eigenvalue weighted by Crippen LogP contribution is 2.34. The van der Waals surface area contributed by atoms with Crippen LogP contribution in [0.4, 0.5) is 0 Å². The Morgan fingerprint density at radius 3 is 2.29 bits per heavy atom. The molecule has 4 nitrogen and oxygen atoms in total. The van der Waals surface area contributed by atoms with E-state index in [1.807, 2.05) is 30.9 Å². The van der Waals surface area contributed by atoms with Crippen LogP contribution in [-0.2, 0) is 4.79 Å². The van der Waals surface area contributed by atoms with E-state index in [1.54, 1.807) is 12.1 Å². The van der Waals surface area contributed by atoms with Crippen molar-refractivity contribution in [3.05, 3.63) is 34.9 Å². The van der Waals surface area contributed by atoms with Gasteiger partial charge < -0.3 is 15.7 Å². The third-order valence-corrected chi connectivity index (χ3v) is 5.93. The van der Waals surface area contributed by atoms with E-state index in [2.05, 4.69) is 0 Å². The van der Waals surface area contributed by atoms with Crippen molar-refractivity contribution in [1.82, 2.24) is 4.90 Å². The zero-order chi connectivity index (χ0) is 17.7. The van der Waals surface area contributed by atoms with Crippen LogP contribution in [0.15, 0.2) is 24.3 Å². The highest BCUT2D eigenvalue weighted by molar-refractivity contribution is 6.30. The Balaban J connectivity index is 1.98. The van der Waals surface area contributed by atoms with Crippen molar-refractivity contribution >= 4 is 17.5 Å². The van der Waals surface area contributed by atoms with E-state index in [1.165, 1.54) is 0 Å². The number of nitrogens with two attached hydrogens (primary N) is 1. The van der Waals surface area contributed by atoms with Crippen molar-refractivity contribution in [2.24, 2.45) is 17.1 Å². The molecular weight excluding hydrogens is 324 g/mol. The summed E-state index contributed by atoms with van der Waals surface area (Å²) in [5.41, 5.74) is 6.36. The van der Waals surface area contributed by atoms with E-state index in [9.17, 15) is 9.90 Å². The number of carbonyl (C=O) groups is 1. The van der Waals surface area contributed by atoms with Crippen LogP contribution >= 0.6 is 11.6 Å². The second-order valence-corrected chi connectivity index (χ2v) is 7.25. The lowest BCUT2D eigenvalue weighted by Gasteiger charge is -2.40. The monoisotopic (exact) mass is 352 g/mol. The zero-order valence-electron chi connectivity index (χ0n) is 14.7. The molecule has 5 heteroatoms. The van der Waals surface area contributed by atoms with E-state index in [4.69, 9.17) is 17.3 Å². The average Bonchev–Trinajstić information content (AvgIpc) is 2.63. The molecular formula is C19H29ClN2O2. The Kier molecular flexibility index (Phi) is 6.67. The number of carbonyl (C=O) groups excluding carboxylic acids is 1. The summed E-state index contributed by atoms with van der Waals surface area (Å²) in [6.45, 7) is 5.84. The van der Waals surface area contributed by atoms with Crippen molar-refractivity contribution in [1.29, 1.82) is 0 Å². The second kappa shape index (κ2) is 8.32. The van der Waals surface area contributed by atoms with Crippen LogP contribution in [-0.4, -0.2) is 35.5 Å². The molecule has 1 saturated heterocycles. The molecule has 3 N–H and O–H groups in total. The van der Waals surface area contributed by atoms with E-state index >= 15 is 0 Å². The smallest absolute Gasteiger partial charge is 0.230 e. The van der Waals surface area contributed by atoms with Gasteiger partial charge >= 0.3 is 0 Å². The van der Waals surface area contributed by atoms with Gasteiger partial charge in [0.25, 0.3) is 0 Å². The van der Waals surface area contributed by atoms with Gasteiger partial charge in [-0.2, -0.15) is 0 Å². The Bertz CT molecular complexity index is 527. The molecule has 1 aromatic carbocycles. The molecule has 0 radical (unpaired) electrons. The Hall–Kier alpha value is -1.10. The van der Waals surface area contributed by atoms with Gasteiger partial charge in [-0.05, 0) is 49.3 Å². The van der Waals surface area contributed by atoms with Crippen LogP contribution < -0.4 is 5.73 Å².